The van der Waals surface area contributed by atoms with Gasteiger partial charge in [0.1, 0.15) is 6.10 Å². The van der Waals surface area contributed by atoms with Gasteiger partial charge in [0.25, 0.3) is 8.32 Å². The maximum Gasteiger partial charge on any atom is 0.414 e. The van der Waals surface area contributed by atoms with Crippen molar-refractivity contribution < 1.29 is 14.0 Å². The largest absolute Gasteiger partial charge is 0.442 e. The van der Waals surface area contributed by atoms with E-state index in [2.05, 4.69) is 110 Å². The average Bonchev–Trinajstić information content (AvgIpc) is 3.47. The number of allylic oxidation sites excluding steroid dienone is 2. The minimum Gasteiger partial charge on any atom is -0.442 e. The Morgan fingerprint density at radius 1 is 0.953 bits per heavy atom. The Hall–Kier alpha value is -4.01. The topological polar surface area (TPSA) is 69.5 Å². The van der Waals surface area contributed by atoms with Crippen LogP contribution in [0.15, 0.2) is 103 Å². The van der Waals surface area contributed by atoms with Gasteiger partial charge in [0.2, 0.25) is 0 Å². The Morgan fingerprint density at radius 3 is 2.19 bits per heavy atom. The highest BCUT2D eigenvalue weighted by Gasteiger charge is 2.56. The molecule has 1 amide bonds. The number of aromatic nitrogens is 3. The van der Waals surface area contributed by atoms with Crippen molar-refractivity contribution >= 4 is 36.0 Å². The van der Waals surface area contributed by atoms with E-state index in [1.807, 2.05) is 12.1 Å². The van der Waals surface area contributed by atoms with Gasteiger partial charge in [0.05, 0.1) is 19.3 Å². The van der Waals surface area contributed by atoms with Crippen molar-refractivity contribution in [3.63, 3.8) is 0 Å². The second kappa shape index (κ2) is 10.9. The third-order valence-corrected chi connectivity index (χ3v) is 14.4. The van der Waals surface area contributed by atoms with E-state index in [0.29, 0.717) is 30.8 Å². The predicted molar refractivity (Wildman–Crippen MR) is 171 cm³/mol. The number of benzene rings is 3. The summed E-state index contributed by atoms with van der Waals surface area (Å²) in [6.45, 7) is 8.81. The Bertz CT molecular complexity index is 1560. The van der Waals surface area contributed by atoms with E-state index in [9.17, 15) is 4.79 Å². The highest BCUT2D eigenvalue weighted by atomic mass is 28.4. The Labute approximate surface area is 254 Å². The number of anilines is 1. The standard InChI is InChI=1S/C35H38N4O3Si/c1-35(2,3)43(29-10-6-4-7-11-29,30-12-8-5-9-13-30)41-24-33-31-20-26(21-32(31)33)25-14-16-27(17-15-25)39-23-28(42-34(39)40)22-38-19-18-36-37-38/h4-20,28,31-33H,21-24H2,1-3H3/t28-,31-,32+,33+/m0/s1. The number of fused-ring (bicyclic) bond motifs is 1. The molecule has 1 saturated heterocycles. The van der Waals surface area contributed by atoms with Gasteiger partial charge in [0.15, 0.2) is 0 Å². The van der Waals surface area contributed by atoms with Gasteiger partial charge in [-0.3, -0.25) is 4.90 Å². The van der Waals surface area contributed by atoms with Crippen LogP contribution in [0.3, 0.4) is 0 Å². The molecule has 4 aromatic rings. The fraction of sp³-hybridized carbons (Fsp3) is 0.343. The molecule has 1 aromatic heterocycles. The van der Waals surface area contributed by atoms with Crippen LogP contribution in [0.5, 0.6) is 0 Å². The van der Waals surface area contributed by atoms with Gasteiger partial charge < -0.3 is 9.16 Å². The fourth-order valence-corrected chi connectivity index (χ4v) is 11.8. The number of carbonyl (C=O) groups excluding carboxylic acids is 1. The van der Waals surface area contributed by atoms with Crippen LogP contribution in [0.2, 0.25) is 5.04 Å². The highest BCUT2D eigenvalue weighted by molar-refractivity contribution is 6.99. The smallest absolute Gasteiger partial charge is 0.414 e. The summed E-state index contributed by atoms with van der Waals surface area (Å²) >= 11 is 0. The van der Waals surface area contributed by atoms with Crippen molar-refractivity contribution in [1.82, 2.24) is 15.0 Å². The van der Waals surface area contributed by atoms with Gasteiger partial charge in [-0.25, -0.2) is 9.48 Å². The SMILES string of the molecule is CC(C)(C)[Si](OC[C@@H]1[C@H]2C=C(c3ccc(N4C[C@H](Cn5ccnn5)OC4=O)cc3)C[C@H]21)(c1ccccc1)c1ccccc1. The molecule has 220 valence electrons. The molecule has 4 atom stereocenters. The molecule has 1 saturated carbocycles. The van der Waals surface area contributed by atoms with E-state index in [0.717, 1.165) is 18.7 Å². The van der Waals surface area contributed by atoms with Gasteiger partial charge in [-0.05, 0) is 62.9 Å². The van der Waals surface area contributed by atoms with E-state index in [4.69, 9.17) is 9.16 Å². The van der Waals surface area contributed by atoms with E-state index in [1.165, 1.54) is 21.5 Å². The zero-order valence-electron chi connectivity index (χ0n) is 25.0. The van der Waals surface area contributed by atoms with Crippen LogP contribution in [0.1, 0.15) is 32.8 Å². The molecule has 0 radical (unpaired) electrons. The van der Waals surface area contributed by atoms with Crippen molar-refractivity contribution in [3.8, 4) is 0 Å². The Kier molecular flexibility index (Phi) is 7.06. The monoisotopic (exact) mass is 590 g/mol. The molecule has 43 heavy (non-hydrogen) atoms. The van der Waals surface area contributed by atoms with E-state index >= 15 is 0 Å². The molecule has 2 fully saturated rings. The number of hydrogen-bond donors (Lipinski definition) is 0. The number of hydrogen-bond acceptors (Lipinski definition) is 5. The maximum absolute atomic E-state index is 12.6. The van der Waals surface area contributed by atoms with Crippen molar-refractivity contribution in [1.29, 1.82) is 0 Å². The Balaban J connectivity index is 1.03. The van der Waals surface area contributed by atoms with E-state index in [-0.39, 0.29) is 17.2 Å². The molecule has 3 aliphatic rings. The molecule has 7 rings (SSSR count). The van der Waals surface area contributed by atoms with Crippen molar-refractivity contribution in [2.75, 3.05) is 18.1 Å². The van der Waals surface area contributed by atoms with Crippen LogP contribution < -0.4 is 15.3 Å². The fourth-order valence-electron chi connectivity index (χ4n) is 7.22. The maximum atomic E-state index is 12.6. The van der Waals surface area contributed by atoms with Gasteiger partial charge in [-0.2, -0.15) is 0 Å². The first-order valence-corrected chi connectivity index (χ1v) is 17.1. The summed E-state index contributed by atoms with van der Waals surface area (Å²) in [5.41, 5.74) is 3.49. The first-order valence-electron chi connectivity index (χ1n) is 15.2. The molecule has 7 nitrogen and oxygen atoms in total. The van der Waals surface area contributed by atoms with Crippen LogP contribution in [0.25, 0.3) is 5.57 Å². The summed E-state index contributed by atoms with van der Waals surface area (Å²) in [6.07, 6.45) is 6.38. The lowest BCUT2D eigenvalue weighted by atomic mass is 10.0. The first kappa shape index (κ1) is 27.8. The lowest BCUT2D eigenvalue weighted by molar-refractivity contribution is 0.129. The molecule has 0 bridgehead atoms. The second-order valence-electron chi connectivity index (χ2n) is 13.1. The molecule has 8 heteroatoms. The van der Waals surface area contributed by atoms with Crippen LogP contribution in [0.4, 0.5) is 10.5 Å². The summed E-state index contributed by atoms with van der Waals surface area (Å²) in [5.74, 6) is 1.77. The third-order valence-electron chi connectivity index (χ3n) is 9.44. The molecule has 0 unspecified atom stereocenters. The zero-order valence-corrected chi connectivity index (χ0v) is 26.0. The predicted octanol–water partition coefficient (Wildman–Crippen LogP) is 5.53. The summed E-state index contributed by atoms with van der Waals surface area (Å²) in [5, 5.41) is 10.5. The van der Waals surface area contributed by atoms with Crippen LogP contribution in [-0.4, -0.2) is 48.7 Å². The first-order chi connectivity index (χ1) is 20.8. The number of carbonyl (C=O) groups is 1. The minimum atomic E-state index is -2.52. The van der Waals surface area contributed by atoms with Crippen LogP contribution in [0, 0.1) is 17.8 Å². The van der Waals surface area contributed by atoms with Crippen molar-refractivity contribution in [2.24, 2.45) is 17.8 Å². The summed E-state index contributed by atoms with van der Waals surface area (Å²) in [7, 11) is -2.52. The van der Waals surface area contributed by atoms with Crippen molar-refractivity contribution in [3.05, 3.63) is 109 Å². The number of rotatable bonds is 9. The normalized spacial score (nSPS) is 23.2. The third kappa shape index (κ3) is 5.12. The lowest BCUT2D eigenvalue weighted by Crippen LogP contribution is -2.66. The summed E-state index contributed by atoms with van der Waals surface area (Å²) < 4.78 is 14.5. The van der Waals surface area contributed by atoms with Crippen LogP contribution in [-0.2, 0) is 15.7 Å². The molecule has 0 N–H and O–H groups in total. The number of amides is 1. The van der Waals surface area contributed by atoms with Gasteiger partial charge in [-0.15, -0.1) is 5.10 Å². The van der Waals surface area contributed by atoms with Gasteiger partial charge >= 0.3 is 6.09 Å². The average molecular weight is 591 g/mol. The van der Waals surface area contributed by atoms with Crippen LogP contribution >= 0.6 is 0 Å². The minimum absolute atomic E-state index is 0.0133. The Morgan fingerprint density at radius 2 is 1.63 bits per heavy atom. The van der Waals surface area contributed by atoms with E-state index < -0.39 is 8.32 Å². The number of ether oxygens (including phenoxy) is 1. The van der Waals surface area contributed by atoms with Gasteiger partial charge in [-0.1, -0.05) is 105 Å². The number of nitrogens with zero attached hydrogens (tertiary/aromatic N) is 4. The molecule has 2 heterocycles. The lowest BCUT2D eigenvalue weighted by Gasteiger charge is -2.43. The molecule has 3 aromatic carbocycles. The molecule has 0 spiro atoms. The zero-order chi connectivity index (χ0) is 29.6. The summed E-state index contributed by atoms with van der Waals surface area (Å²) in [6, 6.07) is 30.1. The number of cyclic esters (lactones) is 1. The molecular formula is C35H38N4O3Si. The van der Waals surface area contributed by atoms with Crippen molar-refractivity contribution in [2.45, 2.75) is 44.9 Å². The quantitative estimate of drug-likeness (QED) is 0.240. The van der Waals surface area contributed by atoms with E-state index in [1.54, 1.807) is 22.0 Å². The molecular weight excluding hydrogens is 552 g/mol. The second-order valence-corrected chi connectivity index (χ2v) is 17.4. The van der Waals surface area contributed by atoms with Gasteiger partial charge in [0, 0.05) is 18.5 Å². The highest BCUT2D eigenvalue weighted by Crippen LogP contribution is 2.58. The summed E-state index contributed by atoms with van der Waals surface area (Å²) in [4.78, 5) is 14.3. The molecule has 2 aliphatic carbocycles. The molecule has 1 aliphatic heterocycles.